The molecule has 21 heavy (non-hydrogen) atoms. The first-order valence-electron chi connectivity index (χ1n) is 7.64. The van der Waals surface area contributed by atoms with Crippen molar-refractivity contribution in [2.45, 2.75) is 33.1 Å². The van der Waals surface area contributed by atoms with Crippen molar-refractivity contribution >= 4 is 10.8 Å². The van der Waals surface area contributed by atoms with Crippen molar-refractivity contribution in [3.8, 4) is 11.1 Å². The van der Waals surface area contributed by atoms with Crippen LogP contribution in [-0.4, -0.2) is 0 Å². The van der Waals surface area contributed by atoms with Gasteiger partial charge < -0.3 is 0 Å². The van der Waals surface area contributed by atoms with Gasteiger partial charge in [-0.15, -0.1) is 0 Å². The van der Waals surface area contributed by atoms with Crippen molar-refractivity contribution in [2.75, 3.05) is 0 Å². The molecule has 4 rings (SSSR count). The quantitative estimate of drug-likeness (QED) is 0.488. The van der Waals surface area contributed by atoms with Crippen molar-refractivity contribution < 1.29 is 0 Å². The molecule has 0 amide bonds. The fourth-order valence-electron chi connectivity index (χ4n) is 3.79. The first-order chi connectivity index (χ1) is 10.00. The van der Waals surface area contributed by atoms with Crippen molar-refractivity contribution in [2.24, 2.45) is 0 Å². The van der Waals surface area contributed by atoms with Crippen LogP contribution in [0.15, 0.2) is 48.5 Å². The molecule has 0 atom stereocenters. The van der Waals surface area contributed by atoms with E-state index >= 15 is 0 Å². The van der Waals surface area contributed by atoms with Gasteiger partial charge in [-0.2, -0.15) is 0 Å². The molecule has 0 saturated heterocycles. The molecule has 0 N–H and O–H groups in total. The SMILES string of the molecule is Cc1ccc2c(c1C)-c1cc3ccccc3cc1C2(C)C. The summed E-state index contributed by atoms with van der Waals surface area (Å²) in [6.45, 7) is 9.17. The lowest BCUT2D eigenvalue weighted by atomic mass is 9.81. The molecule has 1 aliphatic carbocycles. The Bertz CT molecular complexity index is 882. The lowest BCUT2D eigenvalue weighted by Gasteiger charge is -2.22. The van der Waals surface area contributed by atoms with Gasteiger partial charge >= 0.3 is 0 Å². The zero-order valence-electron chi connectivity index (χ0n) is 13.1. The van der Waals surface area contributed by atoms with Crippen LogP contribution in [-0.2, 0) is 5.41 Å². The van der Waals surface area contributed by atoms with Gasteiger partial charge in [0.25, 0.3) is 0 Å². The van der Waals surface area contributed by atoms with E-state index in [1.807, 2.05) is 0 Å². The summed E-state index contributed by atoms with van der Waals surface area (Å²) in [7, 11) is 0. The minimum Gasteiger partial charge on any atom is -0.0616 e. The van der Waals surface area contributed by atoms with Crippen LogP contribution >= 0.6 is 0 Å². The standard InChI is InChI=1S/C21H20/c1-13-9-10-18-20(14(13)2)17-11-15-7-5-6-8-16(15)12-19(17)21(18,3)4/h5-12H,1-4H3. The number of rotatable bonds is 0. The van der Waals surface area contributed by atoms with E-state index in [1.165, 1.54) is 44.2 Å². The Hall–Kier alpha value is -2.08. The van der Waals surface area contributed by atoms with E-state index in [4.69, 9.17) is 0 Å². The molecule has 0 aromatic heterocycles. The molecule has 1 aliphatic rings. The number of fused-ring (bicyclic) bond motifs is 4. The molecule has 3 aromatic carbocycles. The second-order valence-electron chi connectivity index (χ2n) is 6.80. The molecule has 0 unspecified atom stereocenters. The Morgan fingerprint density at radius 1 is 0.762 bits per heavy atom. The van der Waals surface area contributed by atoms with E-state index in [0.29, 0.717) is 0 Å². The predicted octanol–water partition coefficient (Wildman–Crippen LogP) is 5.76. The Kier molecular flexibility index (Phi) is 2.39. The van der Waals surface area contributed by atoms with Crippen LogP contribution < -0.4 is 0 Å². The normalized spacial score (nSPS) is 15.0. The highest BCUT2D eigenvalue weighted by atomic mass is 14.4. The maximum absolute atomic E-state index is 2.39. The Morgan fingerprint density at radius 3 is 2.14 bits per heavy atom. The third kappa shape index (κ3) is 1.56. The first kappa shape index (κ1) is 12.6. The third-order valence-electron chi connectivity index (χ3n) is 5.24. The van der Waals surface area contributed by atoms with Gasteiger partial charge in [0.1, 0.15) is 0 Å². The van der Waals surface area contributed by atoms with Gasteiger partial charge in [0.05, 0.1) is 0 Å². The molecule has 0 saturated carbocycles. The second kappa shape index (κ2) is 3.98. The van der Waals surface area contributed by atoms with Crippen LogP contribution in [0.5, 0.6) is 0 Å². The Morgan fingerprint density at radius 2 is 1.43 bits per heavy atom. The van der Waals surface area contributed by atoms with E-state index in [9.17, 15) is 0 Å². The van der Waals surface area contributed by atoms with E-state index in [0.717, 1.165) is 0 Å². The van der Waals surface area contributed by atoms with Crippen LogP contribution in [0.25, 0.3) is 21.9 Å². The molecular weight excluding hydrogens is 252 g/mol. The zero-order valence-corrected chi connectivity index (χ0v) is 13.1. The molecule has 0 spiro atoms. The van der Waals surface area contributed by atoms with E-state index < -0.39 is 0 Å². The Labute approximate surface area is 126 Å². The van der Waals surface area contributed by atoms with Gasteiger partial charge in [-0.05, 0) is 70.1 Å². The molecular formula is C21H20. The maximum atomic E-state index is 2.39. The summed E-state index contributed by atoms with van der Waals surface area (Å²) in [5.74, 6) is 0. The summed E-state index contributed by atoms with van der Waals surface area (Å²) in [5, 5.41) is 2.67. The second-order valence-corrected chi connectivity index (χ2v) is 6.80. The fourth-order valence-corrected chi connectivity index (χ4v) is 3.79. The molecule has 0 aliphatic heterocycles. The molecule has 0 bridgehead atoms. The minimum atomic E-state index is 0.0904. The molecule has 104 valence electrons. The number of benzene rings is 3. The molecule has 0 nitrogen and oxygen atoms in total. The third-order valence-corrected chi connectivity index (χ3v) is 5.24. The Balaban J connectivity index is 2.17. The van der Waals surface area contributed by atoms with Gasteiger partial charge in [0.2, 0.25) is 0 Å². The predicted molar refractivity (Wildman–Crippen MR) is 91.0 cm³/mol. The maximum Gasteiger partial charge on any atom is 0.0159 e. The van der Waals surface area contributed by atoms with Crippen LogP contribution in [0.2, 0.25) is 0 Å². The monoisotopic (exact) mass is 272 g/mol. The topological polar surface area (TPSA) is 0 Å². The van der Waals surface area contributed by atoms with Crippen molar-refractivity contribution in [1.29, 1.82) is 0 Å². The molecule has 0 heterocycles. The summed E-state index contributed by atoms with van der Waals surface area (Å²) in [5.41, 5.74) is 8.71. The number of hydrogen-bond donors (Lipinski definition) is 0. The van der Waals surface area contributed by atoms with E-state index in [2.05, 4.69) is 76.2 Å². The van der Waals surface area contributed by atoms with Crippen LogP contribution in [0.1, 0.15) is 36.1 Å². The van der Waals surface area contributed by atoms with Crippen molar-refractivity contribution in [3.05, 3.63) is 70.8 Å². The van der Waals surface area contributed by atoms with E-state index in [1.54, 1.807) is 0 Å². The molecule has 0 heteroatoms. The van der Waals surface area contributed by atoms with Gasteiger partial charge in [-0.1, -0.05) is 50.2 Å². The van der Waals surface area contributed by atoms with Crippen molar-refractivity contribution in [3.63, 3.8) is 0 Å². The molecule has 3 aromatic rings. The van der Waals surface area contributed by atoms with Crippen molar-refractivity contribution in [1.82, 2.24) is 0 Å². The van der Waals surface area contributed by atoms with Crippen LogP contribution in [0, 0.1) is 13.8 Å². The smallest absolute Gasteiger partial charge is 0.0159 e. The van der Waals surface area contributed by atoms with Gasteiger partial charge in [0.15, 0.2) is 0 Å². The zero-order chi connectivity index (χ0) is 14.8. The molecule has 0 fully saturated rings. The minimum absolute atomic E-state index is 0.0904. The van der Waals surface area contributed by atoms with Gasteiger partial charge in [-0.3, -0.25) is 0 Å². The first-order valence-corrected chi connectivity index (χ1v) is 7.64. The van der Waals surface area contributed by atoms with Gasteiger partial charge in [-0.25, -0.2) is 0 Å². The highest BCUT2D eigenvalue weighted by Gasteiger charge is 2.36. The average Bonchev–Trinajstić information content (AvgIpc) is 2.69. The van der Waals surface area contributed by atoms with Crippen LogP contribution in [0.3, 0.4) is 0 Å². The average molecular weight is 272 g/mol. The highest BCUT2D eigenvalue weighted by molar-refractivity contribution is 5.94. The summed E-state index contributed by atoms with van der Waals surface area (Å²) < 4.78 is 0. The fraction of sp³-hybridized carbons (Fsp3) is 0.238. The summed E-state index contributed by atoms with van der Waals surface area (Å²) >= 11 is 0. The van der Waals surface area contributed by atoms with Crippen LogP contribution in [0.4, 0.5) is 0 Å². The summed E-state index contributed by atoms with van der Waals surface area (Å²) in [6, 6.07) is 18.0. The largest absolute Gasteiger partial charge is 0.0616 e. The summed E-state index contributed by atoms with van der Waals surface area (Å²) in [6.07, 6.45) is 0. The lowest BCUT2D eigenvalue weighted by molar-refractivity contribution is 0.661. The van der Waals surface area contributed by atoms with Gasteiger partial charge in [0, 0.05) is 5.41 Å². The van der Waals surface area contributed by atoms with E-state index in [-0.39, 0.29) is 5.41 Å². The lowest BCUT2D eigenvalue weighted by Crippen LogP contribution is -2.15. The number of aryl methyl sites for hydroxylation is 1. The molecule has 0 radical (unpaired) electrons. The number of hydrogen-bond acceptors (Lipinski definition) is 0. The summed E-state index contributed by atoms with van der Waals surface area (Å²) in [4.78, 5) is 0. The highest BCUT2D eigenvalue weighted by Crippen LogP contribution is 2.51.